The maximum atomic E-state index is 11.1. The van der Waals surface area contributed by atoms with E-state index >= 15 is 0 Å². The molecule has 0 atom stereocenters. The summed E-state index contributed by atoms with van der Waals surface area (Å²) in [6.07, 6.45) is 11.6. The van der Waals surface area contributed by atoms with Gasteiger partial charge >= 0.3 is 5.97 Å². The topological polar surface area (TPSA) is 37.3 Å². The number of hydrogen-bond acceptors (Lipinski definition) is 1. The summed E-state index contributed by atoms with van der Waals surface area (Å²) in [5.74, 6) is 0.131. The summed E-state index contributed by atoms with van der Waals surface area (Å²) < 4.78 is 0. The Hall–Kier alpha value is -1.31. The summed E-state index contributed by atoms with van der Waals surface area (Å²) >= 11 is 0. The van der Waals surface area contributed by atoms with Gasteiger partial charge < -0.3 is 5.11 Å². The lowest BCUT2D eigenvalue weighted by Crippen LogP contribution is -2.06. The number of aromatic carboxylic acids is 1. The van der Waals surface area contributed by atoms with Crippen molar-refractivity contribution in [3.8, 4) is 0 Å². The third kappa shape index (κ3) is 4.38. The van der Waals surface area contributed by atoms with Gasteiger partial charge in [-0.05, 0) is 30.4 Å². The van der Waals surface area contributed by atoms with Crippen LogP contribution < -0.4 is 0 Å². The van der Waals surface area contributed by atoms with Crippen LogP contribution in [-0.4, -0.2) is 11.1 Å². The summed E-state index contributed by atoms with van der Waals surface area (Å²) in [6, 6.07) is 7.39. The molecular formula is C17H24O2. The highest BCUT2D eigenvalue weighted by Crippen LogP contribution is 2.28. The molecule has 1 aliphatic carbocycles. The minimum Gasteiger partial charge on any atom is -0.478 e. The molecule has 0 amide bonds. The molecule has 0 unspecified atom stereocenters. The van der Waals surface area contributed by atoms with E-state index in [0.29, 0.717) is 5.56 Å². The Morgan fingerprint density at radius 1 is 1.11 bits per heavy atom. The third-order valence-corrected chi connectivity index (χ3v) is 4.28. The van der Waals surface area contributed by atoms with E-state index in [9.17, 15) is 4.79 Å². The summed E-state index contributed by atoms with van der Waals surface area (Å²) in [6.45, 7) is 0. The number of carboxylic acids is 1. The van der Waals surface area contributed by atoms with Gasteiger partial charge in [0.2, 0.25) is 0 Å². The lowest BCUT2D eigenvalue weighted by atomic mass is 9.85. The molecule has 2 heteroatoms. The zero-order chi connectivity index (χ0) is 13.5. The zero-order valence-electron chi connectivity index (χ0n) is 11.6. The predicted molar refractivity (Wildman–Crippen MR) is 77.5 cm³/mol. The fourth-order valence-corrected chi connectivity index (χ4v) is 3.17. The molecule has 104 valence electrons. The number of carboxylic acid groups (broad SMARTS) is 1. The molecule has 19 heavy (non-hydrogen) atoms. The normalized spacial score (nSPS) is 16.4. The first-order valence-electron chi connectivity index (χ1n) is 7.58. The van der Waals surface area contributed by atoms with Crippen molar-refractivity contribution in [3.05, 3.63) is 35.4 Å². The number of carbonyl (C=O) groups is 1. The third-order valence-electron chi connectivity index (χ3n) is 4.28. The second-order valence-corrected chi connectivity index (χ2v) is 5.71. The van der Waals surface area contributed by atoms with Gasteiger partial charge in [0, 0.05) is 0 Å². The van der Waals surface area contributed by atoms with Gasteiger partial charge in [0.05, 0.1) is 5.56 Å². The van der Waals surface area contributed by atoms with Crippen LogP contribution in [0.3, 0.4) is 0 Å². The van der Waals surface area contributed by atoms with Gasteiger partial charge in [0.25, 0.3) is 0 Å². The largest absolute Gasteiger partial charge is 0.478 e. The van der Waals surface area contributed by atoms with Gasteiger partial charge in [-0.3, -0.25) is 0 Å². The fourth-order valence-electron chi connectivity index (χ4n) is 3.17. The Morgan fingerprint density at radius 3 is 2.58 bits per heavy atom. The van der Waals surface area contributed by atoms with E-state index in [-0.39, 0.29) is 0 Å². The SMILES string of the molecule is O=C(O)c1ccccc1CCCCC1CCCCC1. The monoisotopic (exact) mass is 260 g/mol. The van der Waals surface area contributed by atoms with Crippen LogP contribution in [0.25, 0.3) is 0 Å². The lowest BCUT2D eigenvalue weighted by Gasteiger charge is -2.21. The molecule has 1 saturated carbocycles. The Kier molecular flexibility index (Phi) is 5.44. The molecule has 0 aromatic heterocycles. The summed E-state index contributed by atoms with van der Waals surface area (Å²) in [5, 5.41) is 9.13. The average Bonchev–Trinajstić information content (AvgIpc) is 2.45. The average molecular weight is 260 g/mol. The molecule has 0 saturated heterocycles. The van der Waals surface area contributed by atoms with Gasteiger partial charge in [-0.2, -0.15) is 0 Å². The zero-order valence-corrected chi connectivity index (χ0v) is 11.6. The summed E-state index contributed by atoms with van der Waals surface area (Å²) in [7, 11) is 0. The molecule has 0 radical (unpaired) electrons. The Morgan fingerprint density at radius 2 is 1.84 bits per heavy atom. The maximum absolute atomic E-state index is 11.1. The number of benzene rings is 1. The molecule has 1 aromatic rings. The van der Waals surface area contributed by atoms with E-state index < -0.39 is 5.97 Å². The van der Waals surface area contributed by atoms with Crippen LogP contribution in [0.1, 0.15) is 67.3 Å². The molecule has 1 aromatic carbocycles. The molecule has 1 aliphatic rings. The summed E-state index contributed by atoms with van der Waals surface area (Å²) in [4.78, 5) is 11.1. The Balaban J connectivity index is 1.74. The lowest BCUT2D eigenvalue weighted by molar-refractivity contribution is 0.0695. The minimum absolute atomic E-state index is 0.472. The van der Waals surface area contributed by atoms with Crippen molar-refractivity contribution in [2.75, 3.05) is 0 Å². The van der Waals surface area contributed by atoms with Gasteiger partial charge in [-0.25, -0.2) is 4.79 Å². The standard InChI is InChI=1S/C17H24O2/c18-17(19)16-13-7-6-12-15(16)11-5-4-10-14-8-2-1-3-9-14/h6-7,12-14H,1-5,8-11H2,(H,18,19). The second kappa shape index (κ2) is 7.32. The van der Waals surface area contributed by atoms with Crippen molar-refractivity contribution >= 4 is 5.97 Å². The van der Waals surface area contributed by atoms with E-state index in [2.05, 4.69) is 0 Å². The highest BCUT2D eigenvalue weighted by molar-refractivity contribution is 5.89. The molecule has 0 bridgehead atoms. The fraction of sp³-hybridized carbons (Fsp3) is 0.588. The summed E-state index contributed by atoms with van der Waals surface area (Å²) in [5.41, 5.74) is 1.46. The van der Waals surface area contributed by atoms with E-state index in [1.54, 1.807) is 12.1 Å². The minimum atomic E-state index is -0.803. The molecule has 2 rings (SSSR count). The highest BCUT2D eigenvalue weighted by Gasteiger charge is 2.13. The maximum Gasteiger partial charge on any atom is 0.335 e. The molecule has 0 spiro atoms. The van der Waals surface area contributed by atoms with E-state index in [4.69, 9.17) is 5.11 Å². The molecule has 1 fully saturated rings. The predicted octanol–water partition coefficient (Wildman–Crippen LogP) is 4.68. The highest BCUT2D eigenvalue weighted by atomic mass is 16.4. The van der Waals surface area contributed by atoms with Gasteiger partial charge in [-0.1, -0.05) is 63.1 Å². The number of unbranched alkanes of at least 4 members (excludes halogenated alkanes) is 1. The van der Waals surface area contributed by atoms with Crippen LogP contribution in [0.5, 0.6) is 0 Å². The first kappa shape index (κ1) is 14.1. The van der Waals surface area contributed by atoms with Crippen molar-refractivity contribution in [3.63, 3.8) is 0 Å². The van der Waals surface area contributed by atoms with Gasteiger partial charge in [-0.15, -0.1) is 0 Å². The smallest absolute Gasteiger partial charge is 0.335 e. The number of rotatable bonds is 6. The van der Waals surface area contributed by atoms with Crippen molar-refractivity contribution in [2.24, 2.45) is 5.92 Å². The molecule has 1 N–H and O–H groups in total. The molecule has 0 aliphatic heterocycles. The first-order chi connectivity index (χ1) is 9.27. The quantitative estimate of drug-likeness (QED) is 0.754. The Bertz CT molecular complexity index is 405. The van der Waals surface area contributed by atoms with Crippen LogP contribution in [-0.2, 0) is 6.42 Å². The first-order valence-corrected chi connectivity index (χ1v) is 7.58. The number of hydrogen-bond donors (Lipinski definition) is 1. The molecular weight excluding hydrogens is 236 g/mol. The van der Waals surface area contributed by atoms with Crippen LogP contribution in [0.2, 0.25) is 0 Å². The van der Waals surface area contributed by atoms with E-state index in [1.807, 2.05) is 12.1 Å². The van der Waals surface area contributed by atoms with Crippen LogP contribution in [0.15, 0.2) is 24.3 Å². The van der Waals surface area contributed by atoms with Crippen molar-refractivity contribution < 1.29 is 9.90 Å². The van der Waals surface area contributed by atoms with E-state index in [1.165, 1.54) is 44.9 Å². The molecule has 0 heterocycles. The van der Waals surface area contributed by atoms with Crippen LogP contribution in [0.4, 0.5) is 0 Å². The molecule has 2 nitrogen and oxygen atoms in total. The van der Waals surface area contributed by atoms with E-state index in [0.717, 1.165) is 24.3 Å². The van der Waals surface area contributed by atoms with Gasteiger partial charge in [0.1, 0.15) is 0 Å². The van der Waals surface area contributed by atoms with Crippen molar-refractivity contribution in [1.82, 2.24) is 0 Å². The van der Waals surface area contributed by atoms with Crippen LogP contribution in [0, 0.1) is 5.92 Å². The van der Waals surface area contributed by atoms with Crippen molar-refractivity contribution in [2.45, 2.75) is 57.8 Å². The van der Waals surface area contributed by atoms with Crippen molar-refractivity contribution in [1.29, 1.82) is 0 Å². The Labute approximate surface area is 115 Å². The van der Waals surface area contributed by atoms with Gasteiger partial charge in [0.15, 0.2) is 0 Å². The second-order valence-electron chi connectivity index (χ2n) is 5.71. The number of aryl methyl sites for hydroxylation is 1. The van der Waals surface area contributed by atoms with Crippen LogP contribution >= 0.6 is 0 Å².